The number of benzene rings is 2. The van der Waals surface area contributed by atoms with E-state index in [-0.39, 0.29) is 5.91 Å². The van der Waals surface area contributed by atoms with Crippen LogP contribution in [-0.4, -0.2) is 72.6 Å². The normalized spacial score (nSPS) is 15.8. The summed E-state index contributed by atoms with van der Waals surface area (Å²) in [6.45, 7) is 2.89. The number of ether oxygens (including phenoxy) is 2. The third-order valence-electron chi connectivity index (χ3n) is 5.64. The number of anilines is 2. The van der Waals surface area contributed by atoms with Crippen molar-refractivity contribution in [3.63, 3.8) is 0 Å². The molecule has 0 aliphatic carbocycles. The predicted octanol–water partition coefficient (Wildman–Crippen LogP) is 3.25. The van der Waals surface area contributed by atoms with Crippen molar-refractivity contribution in [1.29, 1.82) is 0 Å². The number of methoxy groups -OCH3 is 2. The number of fused-ring (bicyclic) bond motifs is 1. The van der Waals surface area contributed by atoms with Crippen LogP contribution < -0.4 is 19.1 Å². The van der Waals surface area contributed by atoms with Crippen molar-refractivity contribution in [3.8, 4) is 11.5 Å². The van der Waals surface area contributed by atoms with Gasteiger partial charge in [0.25, 0.3) is 0 Å². The van der Waals surface area contributed by atoms with Crippen LogP contribution in [-0.2, 0) is 14.8 Å². The molecule has 1 N–H and O–H groups in total. The van der Waals surface area contributed by atoms with Crippen LogP contribution in [0.3, 0.4) is 0 Å². The van der Waals surface area contributed by atoms with Crippen LogP contribution in [0.2, 0.25) is 0 Å². The second-order valence-corrected chi connectivity index (χ2v) is 10.2. The van der Waals surface area contributed by atoms with Crippen molar-refractivity contribution in [2.75, 3.05) is 57.3 Å². The fourth-order valence-electron chi connectivity index (χ4n) is 3.90. The molecule has 34 heavy (non-hydrogen) atoms. The van der Waals surface area contributed by atoms with E-state index in [4.69, 9.17) is 14.5 Å². The number of likely N-dealkylation sites (N-methyl/N-ethyl adjacent to an activating group) is 1. The van der Waals surface area contributed by atoms with Gasteiger partial charge < -0.3 is 19.7 Å². The summed E-state index contributed by atoms with van der Waals surface area (Å²) in [5.74, 6) is 0.375. The van der Waals surface area contributed by atoms with Crippen LogP contribution >= 0.6 is 0 Å². The molecule has 1 atom stereocenters. The molecule has 10 heteroatoms. The van der Waals surface area contributed by atoms with Crippen molar-refractivity contribution < 1.29 is 22.7 Å². The lowest BCUT2D eigenvalue weighted by Crippen LogP contribution is -2.35. The quantitative estimate of drug-likeness (QED) is 0.516. The summed E-state index contributed by atoms with van der Waals surface area (Å²) in [7, 11) is 3.47. The second kappa shape index (κ2) is 10.4. The molecule has 1 heterocycles. The van der Waals surface area contributed by atoms with Crippen LogP contribution in [0.15, 0.2) is 41.4 Å². The topological polar surface area (TPSA) is 101 Å². The van der Waals surface area contributed by atoms with Gasteiger partial charge in [0.15, 0.2) is 11.5 Å². The van der Waals surface area contributed by atoms with Gasteiger partial charge in [-0.05, 0) is 56.4 Å². The van der Waals surface area contributed by atoms with Crippen LogP contribution in [0.1, 0.15) is 24.8 Å². The molecule has 184 valence electrons. The van der Waals surface area contributed by atoms with Crippen molar-refractivity contribution in [2.45, 2.75) is 19.3 Å². The molecule has 0 saturated heterocycles. The molecule has 2 aromatic carbocycles. The lowest BCUT2D eigenvalue weighted by Gasteiger charge is -2.24. The minimum Gasteiger partial charge on any atom is -0.493 e. The van der Waals surface area contributed by atoms with E-state index >= 15 is 0 Å². The van der Waals surface area contributed by atoms with Gasteiger partial charge in [-0.1, -0.05) is 6.92 Å². The summed E-state index contributed by atoms with van der Waals surface area (Å²) in [5, 5.41) is 2.91. The molecular weight excluding hydrogens is 456 g/mol. The molecule has 0 aromatic heterocycles. The molecule has 1 aliphatic rings. The highest BCUT2D eigenvalue weighted by Crippen LogP contribution is 2.42. The summed E-state index contributed by atoms with van der Waals surface area (Å²) in [5.41, 5.74) is 3.37. The Morgan fingerprint density at radius 2 is 1.68 bits per heavy atom. The maximum atomic E-state index is 12.9. The molecule has 1 unspecified atom stereocenters. The number of carbonyl (C=O) groups is 1. The van der Waals surface area contributed by atoms with E-state index in [1.807, 2.05) is 25.9 Å². The Balaban J connectivity index is 1.93. The molecule has 0 spiro atoms. The standard InChI is InChI=1S/C24H32N4O5S/c1-7-19(23-18-14-21(32-4)22(33-5)15-20(18)26-24(23)29)25-16-8-10-17(11-9-16)28(34(6,30)31)13-12-27(2)3/h8-11,14-15,23H,7,12-13H2,1-6H3,(H,26,29). The molecule has 1 amide bonds. The summed E-state index contributed by atoms with van der Waals surface area (Å²) < 4.78 is 36.7. The first-order valence-corrected chi connectivity index (χ1v) is 12.8. The molecule has 0 fully saturated rings. The highest BCUT2D eigenvalue weighted by Gasteiger charge is 2.35. The summed E-state index contributed by atoms with van der Waals surface area (Å²) in [6.07, 6.45) is 1.76. The zero-order valence-corrected chi connectivity index (χ0v) is 21.3. The lowest BCUT2D eigenvalue weighted by atomic mass is 9.93. The zero-order valence-electron chi connectivity index (χ0n) is 20.5. The number of hydrogen-bond acceptors (Lipinski definition) is 7. The SMILES string of the molecule is CCC(=Nc1ccc(N(CCN(C)C)S(C)(=O)=O)cc1)C1C(=O)Nc2cc(OC)c(OC)cc21. The van der Waals surface area contributed by atoms with E-state index in [9.17, 15) is 13.2 Å². The van der Waals surface area contributed by atoms with Crippen molar-refractivity contribution in [1.82, 2.24) is 4.90 Å². The fourth-order valence-corrected chi connectivity index (χ4v) is 4.82. The molecule has 0 bridgehead atoms. The molecule has 3 rings (SSSR count). The Kier molecular flexibility index (Phi) is 7.83. The molecule has 0 radical (unpaired) electrons. The number of amides is 1. The first-order valence-electron chi connectivity index (χ1n) is 11.0. The Morgan fingerprint density at radius 3 is 2.21 bits per heavy atom. The van der Waals surface area contributed by atoms with E-state index in [0.29, 0.717) is 53.8 Å². The average molecular weight is 489 g/mol. The third-order valence-corrected chi connectivity index (χ3v) is 6.84. The Labute approximate surface area is 201 Å². The van der Waals surface area contributed by atoms with Gasteiger partial charge in [0, 0.05) is 30.6 Å². The van der Waals surface area contributed by atoms with Crippen molar-refractivity contribution >= 4 is 38.7 Å². The Morgan fingerprint density at radius 1 is 1.06 bits per heavy atom. The number of hydrogen-bond donors (Lipinski definition) is 1. The monoisotopic (exact) mass is 488 g/mol. The second-order valence-electron chi connectivity index (χ2n) is 8.33. The first kappa shape index (κ1) is 25.5. The molecular formula is C24H32N4O5S. The maximum Gasteiger partial charge on any atom is 0.237 e. The largest absolute Gasteiger partial charge is 0.493 e. The molecule has 2 aromatic rings. The number of aliphatic imine (C=N–C) groups is 1. The molecule has 9 nitrogen and oxygen atoms in total. The fraction of sp³-hybridized carbons (Fsp3) is 0.417. The van der Waals surface area contributed by atoms with Gasteiger partial charge in [0.1, 0.15) is 5.92 Å². The number of nitrogens with zero attached hydrogens (tertiary/aromatic N) is 3. The highest BCUT2D eigenvalue weighted by molar-refractivity contribution is 7.92. The van der Waals surface area contributed by atoms with Crippen molar-refractivity contribution in [3.05, 3.63) is 42.0 Å². The summed E-state index contributed by atoms with van der Waals surface area (Å²) >= 11 is 0. The van der Waals surface area contributed by atoms with E-state index in [2.05, 4.69) is 5.32 Å². The van der Waals surface area contributed by atoms with Crippen LogP contribution in [0.4, 0.5) is 17.1 Å². The third kappa shape index (κ3) is 5.51. The minimum absolute atomic E-state index is 0.158. The number of carbonyl (C=O) groups excluding carboxylic acids is 1. The van der Waals surface area contributed by atoms with Gasteiger partial charge in [0.05, 0.1) is 31.9 Å². The zero-order chi connectivity index (χ0) is 25.0. The van der Waals surface area contributed by atoms with Crippen LogP contribution in [0.25, 0.3) is 0 Å². The van der Waals surface area contributed by atoms with E-state index in [1.165, 1.54) is 10.6 Å². The van der Waals surface area contributed by atoms with Gasteiger partial charge in [-0.15, -0.1) is 0 Å². The van der Waals surface area contributed by atoms with Gasteiger partial charge in [-0.25, -0.2) is 8.42 Å². The average Bonchev–Trinajstić information content (AvgIpc) is 3.10. The van der Waals surface area contributed by atoms with Gasteiger partial charge in [0.2, 0.25) is 15.9 Å². The smallest absolute Gasteiger partial charge is 0.237 e. The molecule has 0 saturated carbocycles. The Hall–Kier alpha value is -3.11. The van der Waals surface area contributed by atoms with Gasteiger partial charge >= 0.3 is 0 Å². The van der Waals surface area contributed by atoms with Gasteiger partial charge in [-0.2, -0.15) is 0 Å². The number of rotatable bonds is 10. The summed E-state index contributed by atoms with van der Waals surface area (Å²) in [4.78, 5) is 19.5. The van der Waals surface area contributed by atoms with E-state index in [0.717, 1.165) is 5.56 Å². The minimum atomic E-state index is -3.42. The van der Waals surface area contributed by atoms with Crippen molar-refractivity contribution in [2.24, 2.45) is 4.99 Å². The summed E-state index contributed by atoms with van der Waals surface area (Å²) in [6, 6.07) is 10.6. The number of nitrogens with one attached hydrogen (secondary N) is 1. The maximum absolute atomic E-state index is 12.9. The molecule has 1 aliphatic heterocycles. The lowest BCUT2D eigenvalue weighted by molar-refractivity contribution is -0.115. The van der Waals surface area contributed by atoms with Crippen LogP contribution in [0.5, 0.6) is 11.5 Å². The predicted molar refractivity (Wildman–Crippen MR) is 135 cm³/mol. The van der Waals surface area contributed by atoms with E-state index in [1.54, 1.807) is 50.6 Å². The first-order chi connectivity index (χ1) is 16.1. The van der Waals surface area contributed by atoms with Gasteiger partial charge in [-0.3, -0.25) is 14.1 Å². The number of sulfonamides is 1. The Bertz CT molecular complexity index is 1180. The highest BCUT2D eigenvalue weighted by atomic mass is 32.2. The van der Waals surface area contributed by atoms with E-state index < -0.39 is 15.9 Å². The van der Waals surface area contributed by atoms with Crippen LogP contribution in [0, 0.1) is 0 Å².